The minimum atomic E-state index is -0.868. The Morgan fingerprint density at radius 3 is 2.36 bits per heavy atom. The summed E-state index contributed by atoms with van der Waals surface area (Å²) in [5.41, 5.74) is 1.51. The van der Waals surface area contributed by atoms with E-state index in [1.165, 1.54) is 26.2 Å². The molecule has 1 unspecified atom stereocenters. The largest absolute Gasteiger partial charge is 0.507 e. The molecule has 0 aromatic heterocycles. The molecule has 1 aliphatic heterocycles. The second kappa shape index (κ2) is 11.7. The molecule has 1 heterocycles. The van der Waals surface area contributed by atoms with Gasteiger partial charge in [-0.1, -0.05) is 17.7 Å². The van der Waals surface area contributed by atoms with Crippen molar-refractivity contribution in [3.05, 3.63) is 57.6 Å². The molecule has 0 aliphatic carbocycles. The van der Waals surface area contributed by atoms with Crippen LogP contribution in [0.5, 0.6) is 17.2 Å². The van der Waals surface area contributed by atoms with Crippen LogP contribution in [0.2, 0.25) is 5.02 Å². The minimum absolute atomic E-state index is 0.0422. The summed E-state index contributed by atoms with van der Waals surface area (Å²) < 4.78 is 21.8. The number of ether oxygens (including phenoxy) is 4. The molecule has 1 N–H and O–H groups in total. The van der Waals surface area contributed by atoms with Crippen LogP contribution in [0.4, 0.5) is 0 Å². The van der Waals surface area contributed by atoms with Gasteiger partial charge in [0.15, 0.2) is 11.5 Å². The van der Waals surface area contributed by atoms with Crippen molar-refractivity contribution in [3.8, 4) is 17.2 Å². The molecule has 0 saturated carbocycles. The van der Waals surface area contributed by atoms with Crippen LogP contribution in [0.25, 0.3) is 5.76 Å². The van der Waals surface area contributed by atoms with Crippen LogP contribution in [0, 0.1) is 6.92 Å². The summed E-state index contributed by atoms with van der Waals surface area (Å²) in [4.78, 5) is 28.0. The van der Waals surface area contributed by atoms with E-state index in [1.54, 1.807) is 37.3 Å². The van der Waals surface area contributed by atoms with E-state index in [-0.39, 0.29) is 40.3 Å². The molecule has 0 bridgehead atoms. The summed E-state index contributed by atoms with van der Waals surface area (Å²) in [6, 6.07) is 7.61. The number of aryl methyl sites for hydroxylation is 1. The Morgan fingerprint density at radius 2 is 1.75 bits per heavy atom. The van der Waals surface area contributed by atoms with Crippen LogP contribution >= 0.6 is 11.6 Å². The van der Waals surface area contributed by atoms with Crippen LogP contribution in [0.15, 0.2) is 35.9 Å². The topological polar surface area (TPSA) is 94.5 Å². The molecule has 3 rings (SSSR count). The maximum Gasteiger partial charge on any atom is 0.295 e. The van der Waals surface area contributed by atoms with Gasteiger partial charge in [0.05, 0.1) is 49.6 Å². The van der Waals surface area contributed by atoms with Gasteiger partial charge in [-0.05, 0) is 62.6 Å². The maximum atomic E-state index is 13.3. The normalized spacial score (nSPS) is 17.1. The summed E-state index contributed by atoms with van der Waals surface area (Å²) in [5, 5.41) is 11.7. The fourth-order valence-electron chi connectivity index (χ4n) is 4.29. The predicted molar refractivity (Wildman–Crippen MR) is 137 cm³/mol. The fraction of sp³-hybridized carbons (Fsp3) is 0.407. The number of hydrogen-bond acceptors (Lipinski definition) is 7. The van der Waals surface area contributed by atoms with Crippen molar-refractivity contribution in [1.82, 2.24) is 4.90 Å². The number of benzene rings is 2. The van der Waals surface area contributed by atoms with Gasteiger partial charge < -0.3 is 29.0 Å². The Hall–Kier alpha value is -3.23. The molecule has 1 saturated heterocycles. The van der Waals surface area contributed by atoms with Gasteiger partial charge in [0.1, 0.15) is 11.5 Å². The lowest BCUT2D eigenvalue weighted by Gasteiger charge is -2.26. The van der Waals surface area contributed by atoms with Crippen molar-refractivity contribution in [3.63, 3.8) is 0 Å². The molecule has 1 atom stereocenters. The summed E-state index contributed by atoms with van der Waals surface area (Å²) in [6.45, 7) is 6.33. The number of nitrogens with zero attached hydrogens (tertiary/aromatic N) is 1. The van der Waals surface area contributed by atoms with E-state index in [9.17, 15) is 14.7 Å². The highest BCUT2D eigenvalue weighted by Crippen LogP contribution is 2.44. The molecule has 2 aromatic carbocycles. The molecule has 9 heteroatoms. The molecule has 194 valence electrons. The third-order valence-electron chi connectivity index (χ3n) is 5.91. The molecule has 1 amide bonds. The third kappa shape index (κ3) is 5.44. The number of rotatable bonds is 10. The summed E-state index contributed by atoms with van der Waals surface area (Å²) in [5.74, 6) is -0.732. The molecular formula is C27H32ClNO7. The second-order valence-electron chi connectivity index (χ2n) is 8.71. The maximum absolute atomic E-state index is 13.3. The number of ketones is 1. The van der Waals surface area contributed by atoms with E-state index < -0.39 is 17.7 Å². The quantitative estimate of drug-likeness (QED) is 0.207. The van der Waals surface area contributed by atoms with E-state index in [0.717, 1.165) is 5.56 Å². The Balaban J connectivity index is 2.19. The van der Waals surface area contributed by atoms with Crippen molar-refractivity contribution >= 4 is 29.1 Å². The smallest absolute Gasteiger partial charge is 0.295 e. The highest BCUT2D eigenvalue weighted by atomic mass is 35.5. The highest BCUT2D eigenvalue weighted by Gasteiger charge is 2.46. The number of carbonyl (C=O) groups excluding carboxylic acids is 2. The summed E-state index contributed by atoms with van der Waals surface area (Å²) in [6.07, 6.45) is 0.551. The van der Waals surface area contributed by atoms with Crippen molar-refractivity contribution in [2.75, 3.05) is 34.5 Å². The second-order valence-corrected chi connectivity index (χ2v) is 9.11. The van der Waals surface area contributed by atoms with Crippen LogP contribution in [-0.2, 0) is 14.3 Å². The first-order chi connectivity index (χ1) is 17.1. The predicted octanol–water partition coefficient (Wildman–Crippen LogP) is 4.91. The molecule has 1 aliphatic rings. The van der Waals surface area contributed by atoms with Gasteiger partial charge in [0.25, 0.3) is 11.7 Å². The molecule has 8 nitrogen and oxygen atoms in total. The number of aliphatic hydroxyl groups is 1. The van der Waals surface area contributed by atoms with E-state index in [4.69, 9.17) is 30.5 Å². The molecule has 1 fully saturated rings. The number of likely N-dealkylation sites (tertiary alicyclic amines) is 1. The van der Waals surface area contributed by atoms with Crippen molar-refractivity contribution in [2.45, 2.75) is 39.3 Å². The van der Waals surface area contributed by atoms with Gasteiger partial charge in [-0.25, -0.2) is 0 Å². The zero-order valence-electron chi connectivity index (χ0n) is 21.4. The minimum Gasteiger partial charge on any atom is -0.507 e. The first-order valence-electron chi connectivity index (χ1n) is 11.6. The SMILES string of the molecule is COc1ccc(C2/C(=C(\O)c3cc(C)cc(Cl)c3OC)C(=O)C(=O)N2CCCOC(C)C)cc1OC. The Labute approximate surface area is 216 Å². The Kier molecular flexibility index (Phi) is 8.87. The lowest BCUT2D eigenvalue weighted by atomic mass is 9.94. The van der Waals surface area contributed by atoms with Gasteiger partial charge in [0, 0.05) is 13.2 Å². The lowest BCUT2D eigenvalue weighted by molar-refractivity contribution is -0.140. The van der Waals surface area contributed by atoms with Crippen molar-refractivity contribution in [2.24, 2.45) is 0 Å². The Bertz CT molecular complexity index is 1170. The number of carbonyl (C=O) groups is 2. The van der Waals surface area contributed by atoms with Crippen LogP contribution in [0.1, 0.15) is 43.0 Å². The highest BCUT2D eigenvalue weighted by molar-refractivity contribution is 6.46. The van der Waals surface area contributed by atoms with E-state index in [0.29, 0.717) is 30.1 Å². The number of methoxy groups -OCH3 is 3. The standard InChI is InChI=1S/C27H32ClNO7/c1-15(2)36-11-7-10-29-23(17-8-9-20(33-4)21(14-17)34-5)22(25(31)27(29)32)24(30)18-12-16(3)13-19(28)26(18)35-6/h8-9,12-15,23,30H,7,10-11H2,1-6H3/b24-22+. The van der Waals surface area contributed by atoms with E-state index >= 15 is 0 Å². The number of aliphatic hydroxyl groups excluding tert-OH is 1. The van der Waals surface area contributed by atoms with Gasteiger partial charge in [0.2, 0.25) is 0 Å². The van der Waals surface area contributed by atoms with Crippen LogP contribution in [0.3, 0.4) is 0 Å². The number of hydrogen-bond donors (Lipinski definition) is 1. The van der Waals surface area contributed by atoms with Gasteiger partial charge in [-0.15, -0.1) is 0 Å². The van der Waals surface area contributed by atoms with Crippen LogP contribution in [-0.4, -0.2) is 62.3 Å². The molecule has 36 heavy (non-hydrogen) atoms. The molecular weight excluding hydrogens is 486 g/mol. The van der Waals surface area contributed by atoms with Gasteiger partial charge >= 0.3 is 0 Å². The molecule has 2 aromatic rings. The average molecular weight is 518 g/mol. The summed E-state index contributed by atoms with van der Waals surface area (Å²) >= 11 is 6.35. The third-order valence-corrected chi connectivity index (χ3v) is 6.19. The van der Waals surface area contributed by atoms with E-state index in [2.05, 4.69) is 0 Å². The lowest BCUT2D eigenvalue weighted by Crippen LogP contribution is -2.31. The molecule has 0 spiro atoms. The zero-order valence-corrected chi connectivity index (χ0v) is 22.1. The first-order valence-corrected chi connectivity index (χ1v) is 12.0. The zero-order chi connectivity index (χ0) is 26.6. The average Bonchev–Trinajstić information content (AvgIpc) is 3.10. The van der Waals surface area contributed by atoms with E-state index in [1.807, 2.05) is 13.8 Å². The van der Waals surface area contributed by atoms with Gasteiger partial charge in [-0.3, -0.25) is 9.59 Å². The van der Waals surface area contributed by atoms with Crippen molar-refractivity contribution < 1.29 is 33.6 Å². The van der Waals surface area contributed by atoms with Gasteiger partial charge in [-0.2, -0.15) is 0 Å². The first kappa shape index (κ1) is 27.4. The van der Waals surface area contributed by atoms with Crippen molar-refractivity contribution in [1.29, 1.82) is 0 Å². The number of Topliss-reactive ketones (excluding diaryl/α,β-unsaturated/α-hetero) is 1. The van der Waals surface area contributed by atoms with Crippen LogP contribution < -0.4 is 14.2 Å². The summed E-state index contributed by atoms with van der Waals surface area (Å²) in [7, 11) is 4.44. The monoisotopic (exact) mass is 517 g/mol. The fourth-order valence-corrected chi connectivity index (χ4v) is 4.64. The number of amides is 1. The molecule has 0 radical (unpaired) electrons. The Morgan fingerprint density at radius 1 is 1.06 bits per heavy atom. The number of halogens is 1.